The molecule has 0 aliphatic carbocycles. The number of carbonyl (C=O) groups excluding carboxylic acids is 1. The average Bonchev–Trinajstić information content (AvgIpc) is 3.47. The molecule has 1 fully saturated rings. The van der Waals surface area contributed by atoms with Crippen molar-refractivity contribution in [2.75, 3.05) is 11.1 Å². The van der Waals surface area contributed by atoms with E-state index in [1.54, 1.807) is 30.2 Å². The van der Waals surface area contributed by atoms with Gasteiger partial charge in [0.2, 0.25) is 0 Å². The molecule has 5 heterocycles. The van der Waals surface area contributed by atoms with E-state index in [1.165, 1.54) is 29.4 Å². The van der Waals surface area contributed by atoms with Crippen LogP contribution in [0, 0.1) is 0 Å². The molecule has 1 aliphatic rings. The topological polar surface area (TPSA) is 166 Å². The van der Waals surface area contributed by atoms with Gasteiger partial charge in [-0.3, -0.25) is 14.5 Å². The van der Waals surface area contributed by atoms with Crippen LogP contribution in [0.3, 0.4) is 0 Å². The summed E-state index contributed by atoms with van der Waals surface area (Å²) in [7, 11) is 1.78. The molecule has 33 heavy (non-hydrogen) atoms. The SMILES string of the molecule is Cn1ccc(-c2cn([C@@H]3O[C@H](C(=O)Nc4ccncc4Cl)[C@@H](O)[C@H]3O)c3ncnc(N)c23)n1. The van der Waals surface area contributed by atoms with Crippen molar-refractivity contribution in [1.82, 2.24) is 29.3 Å². The van der Waals surface area contributed by atoms with Gasteiger partial charge in [0.05, 0.1) is 21.8 Å². The molecular weight excluding hydrogens is 452 g/mol. The number of nitrogens with zero attached hydrogens (tertiary/aromatic N) is 6. The lowest BCUT2D eigenvalue weighted by atomic mass is 10.1. The van der Waals surface area contributed by atoms with E-state index >= 15 is 0 Å². The van der Waals surface area contributed by atoms with E-state index in [1.807, 2.05) is 0 Å². The van der Waals surface area contributed by atoms with Gasteiger partial charge in [0.15, 0.2) is 12.3 Å². The Morgan fingerprint density at radius 3 is 2.82 bits per heavy atom. The summed E-state index contributed by atoms with van der Waals surface area (Å²) in [6, 6.07) is 3.30. The Kier molecular flexibility index (Phi) is 5.21. The number of carbonyl (C=O) groups is 1. The fourth-order valence-electron chi connectivity index (χ4n) is 3.84. The monoisotopic (exact) mass is 470 g/mol. The highest BCUT2D eigenvalue weighted by Crippen LogP contribution is 2.38. The molecule has 0 unspecified atom stereocenters. The number of nitrogen functional groups attached to an aromatic ring is 1. The Labute approximate surface area is 191 Å². The summed E-state index contributed by atoms with van der Waals surface area (Å²) >= 11 is 6.04. The summed E-state index contributed by atoms with van der Waals surface area (Å²) in [5.74, 6) is -0.457. The largest absolute Gasteiger partial charge is 0.387 e. The first-order chi connectivity index (χ1) is 15.8. The van der Waals surface area contributed by atoms with Gasteiger partial charge >= 0.3 is 0 Å². The fourth-order valence-corrected chi connectivity index (χ4v) is 4.01. The lowest BCUT2D eigenvalue weighted by molar-refractivity contribution is -0.132. The second-order valence-electron chi connectivity index (χ2n) is 7.56. The maximum absolute atomic E-state index is 12.8. The van der Waals surface area contributed by atoms with Crippen molar-refractivity contribution in [3.63, 3.8) is 0 Å². The lowest BCUT2D eigenvalue weighted by Gasteiger charge is -2.17. The minimum absolute atomic E-state index is 0.217. The number of aromatic nitrogens is 6. The quantitative estimate of drug-likeness (QED) is 0.336. The number of anilines is 2. The maximum atomic E-state index is 12.8. The van der Waals surface area contributed by atoms with Gasteiger partial charge < -0.3 is 30.6 Å². The molecule has 1 amide bonds. The number of hydrogen-bond acceptors (Lipinski definition) is 9. The molecule has 170 valence electrons. The third-order valence-electron chi connectivity index (χ3n) is 5.43. The molecule has 0 spiro atoms. The van der Waals surface area contributed by atoms with Crippen molar-refractivity contribution in [2.45, 2.75) is 24.5 Å². The number of pyridine rings is 1. The minimum atomic E-state index is -1.51. The Hall–Kier alpha value is -3.58. The number of rotatable bonds is 4. The number of aliphatic hydroxyl groups is 2. The highest BCUT2D eigenvalue weighted by molar-refractivity contribution is 6.33. The summed E-state index contributed by atoms with van der Waals surface area (Å²) in [5, 5.41) is 29.1. The first-order valence-corrected chi connectivity index (χ1v) is 10.3. The second kappa shape index (κ2) is 8.08. The molecule has 4 atom stereocenters. The summed E-state index contributed by atoms with van der Waals surface area (Å²) in [4.78, 5) is 25.0. The number of hydrogen-bond donors (Lipinski definition) is 4. The molecule has 0 bridgehead atoms. The van der Waals surface area contributed by atoms with Crippen LogP contribution < -0.4 is 11.1 Å². The molecule has 12 nitrogen and oxygen atoms in total. The van der Waals surface area contributed by atoms with Crippen molar-refractivity contribution in [2.24, 2.45) is 7.05 Å². The zero-order valence-corrected chi connectivity index (χ0v) is 18.0. The molecule has 0 aromatic carbocycles. The zero-order chi connectivity index (χ0) is 23.3. The van der Waals surface area contributed by atoms with Crippen molar-refractivity contribution in [3.8, 4) is 11.3 Å². The van der Waals surface area contributed by atoms with Crippen LogP contribution in [0.2, 0.25) is 5.02 Å². The molecule has 0 radical (unpaired) electrons. The van der Waals surface area contributed by atoms with Gasteiger partial charge in [-0.1, -0.05) is 11.6 Å². The normalized spacial score (nSPS) is 22.7. The zero-order valence-electron chi connectivity index (χ0n) is 17.2. The molecule has 4 aromatic heterocycles. The van der Waals surface area contributed by atoms with Gasteiger partial charge in [-0.2, -0.15) is 5.10 Å². The number of amides is 1. The Morgan fingerprint density at radius 1 is 1.27 bits per heavy atom. The predicted molar refractivity (Wildman–Crippen MR) is 118 cm³/mol. The molecule has 4 aromatic rings. The second-order valence-corrected chi connectivity index (χ2v) is 7.96. The van der Waals surface area contributed by atoms with Crippen LogP contribution in [-0.2, 0) is 16.6 Å². The van der Waals surface area contributed by atoms with Crippen molar-refractivity contribution in [1.29, 1.82) is 0 Å². The maximum Gasteiger partial charge on any atom is 0.256 e. The standard InChI is InChI=1S/C20H19ClN8O4/c1-28-5-3-11(27-28)9-7-29(18-13(9)17(22)24-8-25-18)20-15(31)14(30)16(33-20)19(32)26-12-2-4-23-6-10(12)21/h2-8,14-16,20,30-31H,1H3,(H2,22,24,25)(H,23,26,32)/t14-,15+,16-,20+/m0/s1. The molecule has 1 aliphatic heterocycles. The first kappa shape index (κ1) is 21.3. The van der Waals surface area contributed by atoms with Crippen LogP contribution in [0.1, 0.15) is 6.23 Å². The number of fused-ring (bicyclic) bond motifs is 1. The van der Waals surface area contributed by atoms with Crippen LogP contribution in [0.25, 0.3) is 22.3 Å². The number of ether oxygens (including phenoxy) is 1. The third-order valence-corrected chi connectivity index (χ3v) is 5.73. The molecule has 5 rings (SSSR count). The molecule has 0 saturated carbocycles. The van der Waals surface area contributed by atoms with Crippen LogP contribution in [-0.4, -0.2) is 63.7 Å². The summed E-state index contributed by atoms with van der Waals surface area (Å²) in [6.45, 7) is 0. The van der Waals surface area contributed by atoms with E-state index in [0.717, 1.165) is 0 Å². The third kappa shape index (κ3) is 3.58. The number of nitrogens with two attached hydrogens (primary N) is 1. The van der Waals surface area contributed by atoms with E-state index in [-0.39, 0.29) is 10.8 Å². The Balaban J connectivity index is 1.51. The Morgan fingerprint density at radius 2 is 2.09 bits per heavy atom. The molecule has 5 N–H and O–H groups in total. The molecular formula is C20H19ClN8O4. The number of aryl methyl sites for hydroxylation is 1. The number of aliphatic hydroxyl groups excluding tert-OH is 2. The molecule has 1 saturated heterocycles. The van der Waals surface area contributed by atoms with E-state index in [9.17, 15) is 15.0 Å². The number of nitrogens with one attached hydrogen (secondary N) is 1. The van der Waals surface area contributed by atoms with E-state index in [4.69, 9.17) is 22.1 Å². The van der Waals surface area contributed by atoms with Crippen molar-refractivity contribution in [3.05, 3.63) is 48.3 Å². The minimum Gasteiger partial charge on any atom is -0.387 e. The van der Waals surface area contributed by atoms with Crippen molar-refractivity contribution < 1.29 is 19.7 Å². The van der Waals surface area contributed by atoms with E-state index in [0.29, 0.717) is 28.0 Å². The Bertz CT molecular complexity index is 1360. The van der Waals surface area contributed by atoms with Gasteiger partial charge in [0.25, 0.3) is 5.91 Å². The van der Waals surface area contributed by atoms with Crippen molar-refractivity contribution >= 4 is 40.0 Å². The predicted octanol–water partition coefficient (Wildman–Crippen LogP) is 0.720. The summed E-state index contributed by atoms with van der Waals surface area (Å²) in [6.07, 6.45) is 2.09. The van der Waals surface area contributed by atoms with Gasteiger partial charge in [-0.15, -0.1) is 0 Å². The van der Waals surface area contributed by atoms with Gasteiger partial charge in [-0.25, -0.2) is 9.97 Å². The van der Waals surface area contributed by atoms with Gasteiger partial charge in [-0.05, 0) is 12.1 Å². The van der Waals surface area contributed by atoms with Gasteiger partial charge in [0.1, 0.15) is 30.0 Å². The highest BCUT2D eigenvalue weighted by atomic mass is 35.5. The van der Waals surface area contributed by atoms with Crippen LogP contribution in [0.15, 0.2) is 43.2 Å². The number of halogens is 1. The average molecular weight is 471 g/mol. The first-order valence-electron chi connectivity index (χ1n) is 9.88. The van der Waals surface area contributed by atoms with Gasteiger partial charge in [0, 0.05) is 37.4 Å². The summed E-state index contributed by atoms with van der Waals surface area (Å²) < 4.78 is 8.96. The van der Waals surface area contributed by atoms with E-state index in [2.05, 4.69) is 25.4 Å². The van der Waals surface area contributed by atoms with Crippen LogP contribution in [0.5, 0.6) is 0 Å². The highest BCUT2D eigenvalue weighted by Gasteiger charge is 2.48. The molecule has 13 heteroatoms. The van der Waals surface area contributed by atoms with Crippen LogP contribution in [0.4, 0.5) is 11.5 Å². The van der Waals surface area contributed by atoms with E-state index < -0.39 is 30.4 Å². The van der Waals surface area contributed by atoms with Crippen LogP contribution >= 0.6 is 11.6 Å². The summed E-state index contributed by atoms with van der Waals surface area (Å²) in [5.41, 5.74) is 8.00. The lowest BCUT2D eigenvalue weighted by Crippen LogP contribution is -2.39. The smallest absolute Gasteiger partial charge is 0.256 e. The fraction of sp³-hybridized carbons (Fsp3) is 0.250.